The van der Waals surface area contributed by atoms with Crippen molar-refractivity contribution in [3.63, 3.8) is 0 Å². The second-order valence-corrected chi connectivity index (χ2v) is 7.31. The van der Waals surface area contributed by atoms with E-state index in [0.29, 0.717) is 6.54 Å². The third kappa shape index (κ3) is 4.23. The molecule has 2 heterocycles. The van der Waals surface area contributed by atoms with E-state index in [2.05, 4.69) is 16.3 Å². The summed E-state index contributed by atoms with van der Waals surface area (Å²) in [6, 6.07) is 2.06. The zero-order valence-corrected chi connectivity index (χ0v) is 17.5. The van der Waals surface area contributed by atoms with Crippen LogP contribution in [0.3, 0.4) is 0 Å². The van der Waals surface area contributed by atoms with E-state index in [1.807, 2.05) is 27.7 Å². The van der Waals surface area contributed by atoms with Crippen molar-refractivity contribution in [1.29, 1.82) is 0 Å². The van der Waals surface area contributed by atoms with Gasteiger partial charge >= 0.3 is 0 Å². The van der Waals surface area contributed by atoms with Gasteiger partial charge in [0.25, 0.3) is 0 Å². The third-order valence-corrected chi connectivity index (χ3v) is 5.45. The van der Waals surface area contributed by atoms with Crippen LogP contribution in [0.5, 0.6) is 5.75 Å². The maximum absolute atomic E-state index is 12.4. The average molecular weight is 386 g/mol. The molecule has 1 aliphatic rings. The van der Waals surface area contributed by atoms with Crippen LogP contribution in [0.2, 0.25) is 0 Å². The average Bonchev–Trinajstić information content (AvgIpc) is 2.97. The molecule has 2 aromatic rings. The standard InChI is InChI=1S/C22H30N2O4/c1-14(12-20(25)23-6-7-24-8-10-27-11-9-24)18-13-19-15(2)17(4)28-22(19)16(3)21(18)26-5/h12-13H,6-11H2,1-5H3,(H,23,25)/b14-12+. The predicted octanol–water partition coefficient (Wildman–Crippen LogP) is 3.22. The van der Waals surface area contributed by atoms with E-state index in [4.69, 9.17) is 13.9 Å². The van der Waals surface area contributed by atoms with Gasteiger partial charge in [-0.05, 0) is 44.9 Å². The first-order valence-electron chi connectivity index (χ1n) is 9.76. The Morgan fingerprint density at radius 3 is 2.64 bits per heavy atom. The minimum atomic E-state index is -0.0920. The number of amides is 1. The lowest BCUT2D eigenvalue weighted by Crippen LogP contribution is -2.41. The van der Waals surface area contributed by atoms with Gasteiger partial charge in [-0.3, -0.25) is 9.69 Å². The monoisotopic (exact) mass is 386 g/mol. The van der Waals surface area contributed by atoms with Crippen LogP contribution in [0, 0.1) is 20.8 Å². The summed E-state index contributed by atoms with van der Waals surface area (Å²) in [4.78, 5) is 14.7. The van der Waals surface area contributed by atoms with Crippen LogP contribution in [0.4, 0.5) is 0 Å². The van der Waals surface area contributed by atoms with Gasteiger partial charge < -0.3 is 19.2 Å². The van der Waals surface area contributed by atoms with Crippen molar-refractivity contribution >= 4 is 22.4 Å². The van der Waals surface area contributed by atoms with Crippen LogP contribution in [-0.4, -0.2) is 57.3 Å². The lowest BCUT2D eigenvalue weighted by Gasteiger charge is -2.26. The highest BCUT2D eigenvalue weighted by molar-refractivity contribution is 5.98. The van der Waals surface area contributed by atoms with Crippen LogP contribution in [0.15, 0.2) is 16.6 Å². The number of methoxy groups -OCH3 is 1. The maximum Gasteiger partial charge on any atom is 0.244 e. The van der Waals surface area contributed by atoms with Gasteiger partial charge in [0.1, 0.15) is 17.1 Å². The third-order valence-electron chi connectivity index (χ3n) is 5.45. The Morgan fingerprint density at radius 1 is 1.25 bits per heavy atom. The molecule has 0 saturated carbocycles. The molecule has 0 unspecified atom stereocenters. The summed E-state index contributed by atoms with van der Waals surface area (Å²) in [5, 5.41) is 4.04. The van der Waals surface area contributed by atoms with Crippen molar-refractivity contribution in [2.45, 2.75) is 27.7 Å². The van der Waals surface area contributed by atoms with Crippen molar-refractivity contribution in [2.75, 3.05) is 46.5 Å². The Labute approximate surface area is 166 Å². The number of hydrogen-bond acceptors (Lipinski definition) is 5. The molecule has 0 radical (unpaired) electrons. The van der Waals surface area contributed by atoms with Crippen molar-refractivity contribution in [3.8, 4) is 5.75 Å². The number of ether oxygens (including phenoxy) is 2. The smallest absolute Gasteiger partial charge is 0.244 e. The van der Waals surface area contributed by atoms with Crippen molar-refractivity contribution in [3.05, 3.63) is 34.6 Å². The maximum atomic E-state index is 12.4. The van der Waals surface area contributed by atoms with E-state index < -0.39 is 0 Å². The van der Waals surface area contributed by atoms with Gasteiger partial charge in [0.05, 0.1) is 20.3 Å². The first-order chi connectivity index (χ1) is 13.4. The SMILES string of the molecule is COc1c(/C(C)=C/C(=O)NCCN2CCOCC2)cc2c(C)c(C)oc2c1C. The molecular formula is C22H30N2O4. The quantitative estimate of drug-likeness (QED) is 0.773. The molecule has 1 N–H and O–H groups in total. The molecule has 1 aromatic carbocycles. The summed E-state index contributed by atoms with van der Waals surface area (Å²) in [5.74, 6) is 1.56. The van der Waals surface area contributed by atoms with E-state index in [9.17, 15) is 4.79 Å². The Balaban J connectivity index is 1.76. The molecule has 1 aromatic heterocycles. The first-order valence-corrected chi connectivity index (χ1v) is 9.76. The van der Waals surface area contributed by atoms with Crippen LogP contribution < -0.4 is 10.1 Å². The Bertz CT molecular complexity index is 892. The molecule has 1 fully saturated rings. The molecule has 152 valence electrons. The zero-order valence-electron chi connectivity index (χ0n) is 17.5. The van der Waals surface area contributed by atoms with Crippen molar-refractivity contribution in [2.24, 2.45) is 0 Å². The number of hydrogen-bond donors (Lipinski definition) is 1. The second kappa shape index (κ2) is 8.80. The van der Waals surface area contributed by atoms with E-state index >= 15 is 0 Å². The number of nitrogens with zero attached hydrogens (tertiary/aromatic N) is 1. The summed E-state index contributed by atoms with van der Waals surface area (Å²) in [6.07, 6.45) is 1.64. The molecule has 0 atom stereocenters. The number of fused-ring (bicyclic) bond motifs is 1. The van der Waals surface area contributed by atoms with Gasteiger partial charge in [0, 0.05) is 48.8 Å². The highest BCUT2D eigenvalue weighted by Gasteiger charge is 2.18. The highest BCUT2D eigenvalue weighted by atomic mass is 16.5. The second-order valence-electron chi connectivity index (χ2n) is 7.31. The summed E-state index contributed by atoms with van der Waals surface area (Å²) in [6.45, 7) is 12.8. The van der Waals surface area contributed by atoms with Gasteiger partial charge in [-0.15, -0.1) is 0 Å². The van der Waals surface area contributed by atoms with Gasteiger partial charge in [-0.2, -0.15) is 0 Å². The fourth-order valence-electron chi connectivity index (χ4n) is 3.66. The minimum absolute atomic E-state index is 0.0920. The fourth-order valence-corrected chi connectivity index (χ4v) is 3.66. The molecule has 6 nitrogen and oxygen atoms in total. The first kappa shape index (κ1) is 20.4. The van der Waals surface area contributed by atoms with E-state index in [1.165, 1.54) is 0 Å². The molecule has 0 bridgehead atoms. The number of furan rings is 1. The molecule has 0 spiro atoms. The molecule has 28 heavy (non-hydrogen) atoms. The van der Waals surface area contributed by atoms with Crippen LogP contribution in [0.1, 0.15) is 29.4 Å². The molecule has 6 heteroatoms. The number of carbonyl (C=O) groups is 1. The van der Waals surface area contributed by atoms with E-state index in [1.54, 1.807) is 13.2 Å². The molecule has 3 rings (SSSR count). The Morgan fingerprint density at radius 2 is 1.96 bits per heavy atom. The zero-order chi connectivity index (χ0) is 20.3. The van der Waals surface area contributed by atoms with Crippen LogP contribution >= 0.6 is 0 Å². The summed E-state index contributed by atoms with van der Waals surface area (Å²) in [5.41, 5.74) is 4.69. The van der Waals surface area contributed by atoms with Gasteiger partial charge in [0.15, 0.2) is 0 Å². The summed E-state index contributed by atoms with van der Waals surface area (Å²) < 4.78 is 16.9. The minimum Gasteiger partial charge on any atom is -0.496 e. The lowest BCUT2D eigenvalue weighted by atomic mass is 9.98. The van der Waals surface area contributed by atoms with Crippen molar-refractivity contribution in [1.82, 2.24) is 10.2 Å². The number of allylic oxidation sites excluding steroid dienone is 1. The largest absolute Gasteiger partial charge is 0.496 e. The molecule has 0 aliphatic carbocycles. The number of morpholine rings is 1. The van der Waals surface area contributed by atoms with Gasteiger partial charge in [-0.25, -0.2) is 0 Å². The number of carbonyl (C=O) groups excluding carboxylic acids is 1. The van der Waals surface area contributed by atoms with Gasteiger partial charge in [0.2, 0.25) is 5.91 Å². The summed E-state index contributed by atoms with van der Waals surface area (Å²) >= 11 is 0. The van der Waals surface area contributed by atoms with Crippen molar-refractivity contribution < 1.29 is 18.7 Å². The molecule has 1 saturated heterocycles. The molecule has 1 amide bonds. The lowest BCUT2D eigenvalue weighted by molar-refractivity contribution is -0.116. The predicted molar refractivity (Wildman–Crippen MR) is 111 cm³/mol. The van der Waals surface area contributed by atoms with Crippen LogP contribution in [0.25, 0.3) is 16.5 Å². The van der Waals surface area contributed by atoms with Gasteiger partial charge in [-0.1, -0.05) is 0 Å². The van der Waals surface area contributed by atoms with Crippen LogP contribution in [-0.2, 0) is 9.53 Å². The number of aryl methyl sites for hydroxylation is 3. The highest BCUT2D eigenvalue weighted by Crippen LogP contribution is 2.38. The Kier molecular flexibility index (Phi) is 6.42. The van der Waals surface area contributed by atoms with E-state index in [0.717, 1.165) is 77.6 Å². The number of rotatable bonds is 6. The number of nitrogens with one attached hydrogen (secondary N) is 1. The van der Waals surface area contributed by atoms with E-state index in [-0.39, 0.29) is 5.91 Å². The molecule has 1 aliphatic heterocycles. The fraction of sp³-hybridized carbons (Fsp3) is 0.500. The topological polar surface area (TPSA) is 63.9 Å². The normalized spacial score (nSPS) is 15.8. The molecular weight excluding hydrogens is 356 g/mol. The Hall–Kier alpha value is -2.31. The number of benzene rings is 1. The summed E-state index contributed by atoms with van der Waals surface area (Å²) in [7, 11) is 1.65.